The molecule has 312 valence electrons. The molecule has 1 spiro atoms. The number of nitrogens with zero attached hydrogens (tertiary/aromatic N) is 2. The highest BCUT2D eigenvalue weighted by atomic mass is 15.2. The largest absolute Gasteiger partial charge is 0.310 e. The van der Waals surface area contributed by atoms with E-state index in [0.29, 0.717) is 0 Å². The molecule has 2 nitrogen and oxygen atoms in total. The van der Waals surface area contributed by atoms with Crippen molar-refractivity contribution in [3.8, 4) is 22.3 Å². The van der Waals surface area contributed by atoms with Crippen LogP contribution in [0.3, 0.4) is 0 Å². The van der Waals surface area contributed by atoms with Crippen LogP contribution in [0.1, 0.15) is 55.6 Å². The zero-order chi connectivity index (χ0) is 44.1. The summed E-state index contributed by atoms with van der Waals surface area (Å²) in [6.07, 6.45) is 0. The predicted molar refractivity (Wildman–Crippen MR) is 276 cm³/mol. The second-order valence-electron chi connectivity index (χ2n) is 18.5. The summed E-state index contributed by atoms with van der Waals surface area (Å²) in [7, 11) is 0. The molecule has 0 N–H and O–H groups in total. The fourth-order valence-electron chi connectivity index (χ4n) is 11.3. The van der Waals surface area contributed by atoms with Crippen LogP contribution in [-0.4, -0.2) is 0 Å². The first kappa shape index (κ1) is 39.0. The fourth-order valence-corrected chi connectivity index (χ4v) is 11.3. The third-order valence-corrected chi connectivity index (χ3v) is 14.3. The highest BCUT2D eigenvalue weighted by Gasteiger charge is 2.53. The van der Waals surface area contributed by atoms with Crippen molar-refractivity contribution in [2.45, 2.75) is 47.0 Å². The summed E-state index contributed by atoms with van der Waals surface area (Å²) < 4.78 is 0. The Morgan fingerprint density at radius 2 is 0.646 bits per heavy atom. The Balaban J connectivity index is 1.27. The monoisotopic (exact) mass is 834 g/mol. The van der Waals surface area contributed by atoms with Crippen molar-refractivity contribution in [2.24, 2.45) is 0 Å². The fraction of sp³-hybridized carbons (Fsp3) is 0.111. The molecule has 10 aromatic rings. The maximum atomic E-state index is 2.58. The second-order valence-corrected chi connectivity index (χ2v) is 18.5. The Bertz CT molecular complexity index is 3320. The highest BCUT2D eigenvalue weighted by Crippen LogP contribution is 2.67. The van der Waals surface area contributed by atoms with Crippen LogP contribution in [0.15, 0.2) is 194 Å². The molecule has 0 fully saturated rings. The van der Waals surface area contributed by atoms with Gasteiger partial charge >= 0.3 is 0 Å². The van der Waals surface area contributed by atoms with Gasteiger partial charge in [-0.3, -0.25) is 0 Å². The number of rotatable bonds is 6. The normalized spacial score (nSPS) is 12.9. The lowest BCUT2D eigenvalue weighted by molar-refractivity contribution is 0.795. The van der Waals surface area contributed by atoms with Crippen LogP contribution >= 0.6 is 0 Å². The molecular formula is C63H50N2. The van der Waals surface area contributed by atoms with Crippen molar-refractivity contribution in [3.05, 3.63) is 250 Å². The van der Waals surface area contributed by atoms with E-state index in [9.17, 15) is 0 Å². The van der Waals surface area contributed by atoms with Crippen LogP contribution in [0.4, 0.5) is 34.1 Å². The van der Waals surface area contributed by atoms with Crippen molar-refractivity contribution in [1.82, 2.24) is 0 Å². The molecule has 0 atom stereocenters. The Kier molecular flexibility index (Phi) is 8.80. The quantitative estimate of drug-likeness (QED) is 0.165. The number of aryl methyl sites for hydroxylation is 6. The number of anilines is 6. The summed E-state index contributed by atoms with van der Waals surface area (Å²) in [5.41, 5.74) is 24.3. The van der Waals surface area contributed by atoms with E-state index in [2.05, 4.69) is 245 Å². The van der Waals surface area contributed by atoms with Gasteiger partial charge in [-0.2, -0.15) is 0 Å². The van der Waals surface area contributed by atoms with Gasteiger partial charge in [-0.15, -0.1) is 0 Å². The molecular weight excluding hydrogens is 785 g/mol. The van der Waals surface area contributed by atoms with Crippen LogP contribution < -0.4 is 9.80 Å². The maximum Gasteiger partial charge on any atom is 0.0727 e. The summed E-state index contributed by atoms with van der Waals surface area (Å²) in [4.78, 5) is 5.05. The number of benzene rings is 10. The van der Waals surface area contributed by atoms with E-state index in [1.54, 1.807) is 0 Å². The van der Waals surface area contributed by atoms with Gasteiger partial charge in [-0.1, -0.05) is 157 Å². The van der Waals surface area contributed by atoms with Gasteiger partial charge in [-0.25, -0.2) is 0 Å². The molecule has 2 aliphatic carbocycles. The third-order valence-electron chi connectivity index (χ3n) is 14.3. The van der Waals surface area contributed by atoms with Gasteiger partial charge in [0, 0.05) is 33.5 Å². The van der Waals surface area contributed by atoms with Crippen molar-refractivity contribution < 1.29 is 0 Å². The Hall–Kier alpha value is -7.68. The Labute approximate surface area is 382 Å². The molecule has 12 rings (SSSR count). The summed E-state index contributed by atoms with van der Waals surface area (Å²) >= 11 is 0. The molecule has 0 aromatic heterocycles. The molecule has 2 aliphatic rings. The lowest BCUT2D eigenvalue weighted by atomic mass is 9.70. The Morgan fingerprint density at radius 3 is 1.06 bits per heavy atom. The van der Waals surface area contributed by atoms with E-state index < -0.39 is 5.41 Å². The zero-order valence-electron chi connectivity index (χ0n) is 37.9. The van der Waals surface area contributed by atoms with Gasteiger partial charge in [0.1, 0.15) is 0 Å². The van der Waals surface area contributed by atoms with Crippen LogP contribution in [0.25, 0.3) is 43.8 Å². The summed E-state index contributed by atoms with van der Waals surface area (Å²) in [6, 6.07) is 73.7. The third kappa shape index (κ3) is 5.73. The lowest BCUT2D eigenvalue weighted by Gasteiger charge is -2.34. The summed E-state index contributed by atoms with van der Waals surface area (Å²) in [5, 5.41) is 4.95. The molecule has 0 saturated heterocycles. The van der Waals surface area contributed by atoms with Gasteiger partial charge in [0.05, 0.1) is 16.8 Å². The van der Waals surface area contributed by atoms with Crippen LogP contribution in [0.5, 0.6) is 0 Å². The van der Waals surface area contributed by atoms with Crippen molar-refractivity contribution in [1.29, 1.82) is 0 Å². The molecule has 0 unspecified atom stereocenters. The van der Waals surface area contributed by atoms with Gasteiger partial charge in [0.2, 0.25) is 0 Å². The molecule has 0 amide bonds. The smallest absolute Gasteiger partial charge is 0.0727 e. The molecule has 0 aliphatic heterocycles. The van der Waals surface area contributed by atoms with E-state index in [1.165, 1.54) is 122 Å². The van der Waals surface area contributed by atoms with Crippen LogP contribution in [0.2, 0.25) is 0 Å². The standard InChI is InChI=1S/C63H50N2/c1-39-25-31-45(32-26-39)64(57-35-41(3)23-29-43(57)5)59-37-55-61(51-19-9-7-17-49(51)59)62-52-20-10-8-18-50(52)60(65(46-33-27-40(2)28-34-46)58-36-42(4)24-30-44(58)6)38-56(62)63(55)53-21-13-11-15-47(53)48-16-12-14-22-54(48)63/h7-38H,1-6H3. The lowest BCUT2D eigenvalue weighted by Crippen LogP contribution is -2.27. The Morgan fingerprint density at radius 1 is 0.292 bits per heavy atom. The molecule has 65 heavy (non-hydrogen) atoms. The predicted octanol–water partition coefficient (Wildman–Crippen LogP) is 17.1. The number of hydrogen-bond donors (Lipinski definition) is 0. The van der Waals surface area contributed by atoms with E-state index in [0.717, 1.165) is 11.4 Å². The first-order chi connectivity index (χ1) is 31.7. The highest BCUT2D eigenvalue weighted by molar-refractivity contribution is 6.19. The molecule has 0 heterocycles. The van der Waals surface area contributed by atoms with Gasteiger partial charge in [0.15, 0.2) is 0 Å². The summed E-state index contributed by atoms with van der Waals surface area (Å²) in [6.45, 7) is 13.2. The zero-order valence-corrected chi connectivity index (χ0v) is 37.9. The van der Waals surface area contributed by atoms with Gasteiger partial charge < -0.3 is 9.80 Å². The molecule has 0 saturated carbocycles. The van der Waals surface area contributed by atoms with E-state index in [4.69, 9.17) is 0 Å². The molecule has 0 radical (unpaired) electrons. The number of fused-ring (bicyclic) bond motifs is 14. The van der Waals surface area contributed by atoms with E-state index in [1.807, 2.05) is 0 Å². The minimum Gasteiger partial charge on any atom is -0.310 e. The first-order valence-electron chi connectivity index (χ1n) is 22.9. The van der Waals surface area contributed by atoms with Gasteiger partial charge in [0.25, 0.3) is 0 Å². The molecule has 2 heteroatoms. The summed E-state index contributed by atoms with van der Waals surface area (Å²) in [5.74, 6) is 0. The van der Waals surface area contributed by atoms with Gasteiger partial charge in [-0.05, 0) is 168 Å². The van der Waals surface area contributed by atoms with Crippen LogP contribution in [0, 0.1) is 41.5 Å². The van der Waals surface area contributed by atoms with Crippen molar-refractivity contribution in [2.75, 3.05) is 9.80 Å². The maximum absolute atomic E-state index is 2.58. The number of hydrogen-bond acceptors (Lipinski definition) is 2. The van der Waals surface area contributed by atoms with Crippen molar-refractivity contribution >= 4 is 55.7 Å². The topological polar surface area (TPSA) is 6.48 Å². The molecule has 0 bridgehead atoms. The van der Waals surface area contributed by atoms with Crippen molar-refractivity contribution in [3.63, 3.8) is 0 Å². The second kappa shape index (κ2) is 14.7. The van der Waals surface area contributed by atoms with E-state index >= 15 is 0 Å². The first-order valence-corrected chi connectivity index (χ1v) is 22.9. The minimum atomic E-state index is -0.628. The average molecular weight is 835 g/mol. The minimum absolute atomic E-state index is 0.628. The molecule has 10 aromatic carbocycles. The van der Waals surface area contributed by atoms with Crippen LogP contribution in [-0.2, 0) is 5.41 Å². The van der Waals surface area contributed by atoms with E-state index in [-0.39, 0.29) is 0 Å². The SMILES string of the molecule is Cc1ccc(N(c2cc(C)ccc2C)c2cc3c(c4ccccc24)-c2c(cc(N(c4ccc(C)cc4)c4cc(C)ccc4C)c4ccccc24)C32c3ccccc3-c3ccccc32)cc1. The average Bonchev–Trinajstić information content (AvgIpc) is 3.80.